The highest BCUT2D eigenvalue weighted by Crippen LogP contribution is 2.29. The fraction of sp³-hybridized carbons (Fsp3) is 0.261. The SMILES string of the molecule is NC(=O)c1cc(F)c(NC2CCCCC2N)nc1Nc1cncc(-c2cccc(Cl)c2)c1. The van der Waals surface area contributed by atoms with Crippen LogP contribution in [0.2, 0.25) is 5.02 Å². The summed E-state index contributed by atoms with van der Waals surface area (Å²) in [6.07, 6.45) is 7.04. The number of carbonyl (C=O) groups excluding carboxylic acids is 1. The summed E-state index contributed by atoms with van der Waals surface area (Å²) in [5.41, 5.74) is 13.8. The molecule has 2 atom stereocenters. The monoisotopic (exact) mass is 454 g/mol. The van der Waals surface area contributed by atoms with Gasteiger partial charge < -0.3 is 22.1 Å². The van der Waals surface area contributed by atoms with Crippen LogP contribution in [0.4, 0.5) is 21.7 Å². The third-order valence-electron chi connectivity index (χ3n) is 5.54. The molecule has 4 rings (SSSR count). The van der Waals surface area contributed by atoms with Gasteiger partial charge in [-0.05, 0) is 42.7 Å². The Bertz CT molecular complexity index is 1140. The highest BCUT2D eigenvalue weighted by atomic mass is 35.5. The normalized spacial score (nSPS) is 18.2. The fourth-order valence-electron chi connectivity index (χ4n) is 3.86. The maximum absolute atomic E-state index is 14.7. The first-order valence-corrected chi connectivity index (χ1v) is 10.8. The maximum Gasteiger partial charge on any atom is 0.252 e. The number of benzene rings is 1. The molecule has 3 aromatic rings. The van der Waals surface area contributed by atoms with E-state index in [9.17, 15) is 9.18 Å². The smallest absolute Gasteiger partial charge is 0.252 e. The van der Waals surface area contributed by atoms with E-state index in [2.05, 4.69) is 20.6 Å². The third-order valence-corrected chi connectivity index (χ3v) is 5.78. The fourth-order valence-corrected chi connectivity index (χ4v) is 4.05. The number of nitrogens with zero attached hydrogens (tertiary/aromatic N) is 2. The van der Waals surface area contributed by atoms with Gasteiger partial charge in [0.05, 0.1) is 17.4 Å². The van der Waals surface area contributed by atoms with E-state index in [0.29, 0.717) is 10.7 Å². The predicted octanol–water partition coefficient (Wildman–Crippen LogP) is 4.46. The zero-order valence-electron chi connectivity index (χ0n) is 17.3. The first kappa shape index (κ1) is 22.0. The zero-order chi connectivity index (χ0) is 22.7. The van der Waals surface area contributed by atoms with Crippen molar-refractivity contribution < 1.29 is 9.18 Å². The van der Waals surface area contributed by atoms with Crippen molar-refractivity contribution in [3.05, 3.63) is 65.2 Å². The van der Waals surface area contributed by atoms with Gasteiger partial charge in [-0.3, -0.25) is 9.78 Å². The number of nitrogens with one attached hydrogen (secondary N) is 2. The van der Waals surface area contributed by atoms with Crippen LogP contribution in [0.5, 0.6) is 0 Å². The van der Waals surface area contributed by atoms with Gasteiger partial charge in [0.15, 0.2) is 11.6 Å². The lowest BCUT2D eigenvalue weighted by Crippen LogP contribution is -2.43. The van der Waals surface area contributed by atoms with Crippen molar-refractivity contribution in [3.8, 4) is 11.1 Å². The molecule has 1 amide bonds. The molecule has 9 heteroatoms. The van der Waals surface area contributed by atoms with Crippen molar-refractivity contribution in [1.82, 2.24) is 9.97 Å². The van der Waals surface area contributed by atoms with Gasteiger partial charge in [-0.15, -0.1) is 0 Å². The van der Waals surface area contributed by atoms with Gasteiger partial charge in [-0.25, -0.2) is 9.37 Å². The molecule has 166 valence electrons. The van der Waals surface area contributed by atoms with Crippen LogP contribution in [-0.4, -0.2) is 28.0 Å². The first-order valence-electron chi connectivity index (χ1n) is 10.4. The second-order valence-electron chi connectivity index (χ2n) is 7.88. The lowest BCUT2D eigenvalue weighted by atomic mass is 9.91. The number of rotatable bonds is 6. The van der Waals surface area contributed by atoms with Crippen molar-refractivity contribution in [1.29, 1.82) is 0 Å². The van der Waals surface area contributed by atoms with E-state index in [0.717, 1.165) is 42.9 Å². The van der Waals surface area contributed by atoms with Gasteiger partial charge in [0.2, 0.25) is 0 Å². The molecule has 2 aromatic heterocycles. The lowest BCUT2D eigenvalue weighted by Gasteiger charge is -2.30. The minimum Gasteiger partial charge on any atom is -0.365 e. The Morgan fingerprint density at radius 2 is 1.91 bits per heavy atom. The van der Waals surface area contributed by atoms with Crippen LogP contribution in [0.15, 0.2) is 48.8 Å². The molecule has 32 heavy (non-hydrogen) atoms. The van der Waals surface area contributed by atoms with Crippen LogP contribution in [-0.2, 0) is 0 Å². The number of pyridine rings is 2. The van der Waals surface area contributed by atoms with Crippen LogP contribution in [0.3, 0.4) is 0 Å². The molecule has 1 fully saturated rings. The summed E-state index contributed by atoms with van der Waals surface area (Å²) in [5.74, 6) is -1.29. The van der Waals surface area contributed by atoms with E-state index in [-0.39, 0.29) is 29.3 Å². The van der Waals surface area contributed by atoms with Gasteiger partial charge in [0.1, 0.15) is 5.82 Å². The molecule has 0 aliphatic heterocycles. The van der Waals surface area contributed by atoms with Crippen molar-refractivity contribution in [2.45, 2.75) is 37.8 Å². The molecule has 1 aliphatic rings. The van der Waals surface area contributed by atoms with Crippen LogP contribution in [0, 0.1) is 5.82 Å². The van der Waals surface area contributed by atoms with Crippen LogP contribution < -0.4 is 22.1 Å². The third kappa shape index (κ3) is 4.98. The predicted molar refractivity (Wildman–Crippen MR) is 125 cm³/mol. The minimum absolute atomic E-state index is 0.0267. The van der Waals surface area contributed by atoms with Gasteiger partial charge in [-0.1, -0.05) is 36.6 Å². The van der Waals surface area contributed by atoms with Gasteiger partial charge in [-0.2, -0.15) is 0 Å². The van der Waals surface area contributed by atoms with E-state index in [4.69, 9.17) is 23.1 Å². The molecule has 2 heterocycles. The number of anilines is 3. The van der Waals surface area contributed by atoms with E-state index in [1.165, 1.54) is 0 Å². The van der Waals surface area contributed by atoms with E-state index in [1.807, 2.05) is 24.3 Å². The topological polar surface area (TPSA) is 119 Å². The molecule has 0 saturated heterocycles. The van der Waals surface area contributed by atoms with Gasteiger partial charge >= 0.3 is 0 Å². The Kier molecular flexibility index (Phi) is 6.53. The largest absolute Gasteiger partial charge is 0.365 e. The summed E-state index contributed by atoms with van der Waals surface area (Å²) in [6, 6.07) is 10.1. The van der Waals surface area contributed by atoms with E-state index in [1.54, 1.807) is 18.5 Å². The number of carbonyl (C=O) groups is 1. The molecule has 1 aromatic carbocycles. The van der Waals surface area contributed by atoms with Crippen molar-refractivity contribution in [3.63, 3.8) is 0 Å². The number of hydrogen-bond donors (Lipinski definition) is 4. The minimum atomic E-state index is -0.793. The Balaban J connectivity index is 1.65. The number of hydrogen-bond acceptors (Lipinski definition) is 6. The number of aromatic nitrogens is 2. The Labute approximate surface area is 190 Å². The Morgan fingerprint density at radius 3 is 2.66 bits per heavy atom. The average Bonchev–Trinajstić information content (AvgIpc) is 2.77. The Hall–Kier alpha value is -3.23. The first-order chi connectivity index (χ1) is 15.4. The zero-order valence-corrected chi connectivity index (χ0v) is 18.1. The van der Waals surface area contributed by atoms with Crippen molar-refractivity contribution in [2.24, 2.45) is 11.5 Å². The van der Waals surface area contributed by atoms with Gasteiger partial charge in [0, 0.05) is 28.9 Å². The molecular weight excluding hydrogens is 431 g/mol. The number of primary amides is 1. The standard InChI is InChI=1S/C23H24ClFN6O/c24-15-5-3-4-13(8-15)14-9-16(12-28-11-14)29-22-17(21(27)32)10-18(25)23(31-22)30-20-7-2-1-6-19(20)26/h3-5,8-12,19-20H,1-2,6-7,26H2,(H2,27,32)(H2,29,30,31). The second kappa shape index (κ2) is 9.50. The van der Waals surface area contributed by atoms with Crippen LogP contribution in [0.1, 0.15) is 36.0 Å². The van der Waals surface area contributed by atoms with Gasteiger partial charge in [0.25, 0.3) is 5.91 Å². The molecular formula is C23H24ClFN6O. The van der Waals surface area contributed by atoms with E-state index < -0.39 is 11.7 Å². The summed E-state index contributed by atoms with van der Waals surface area (Å²) in [7, 11) is 0. The van der Waals surface area contributed by atoms with E-state index >= 15 is 0 Å². The summed E-state index contributed by atoms with van der Waals surface area (Å²) < 4.78 is 14.7. The summed E-state index contributed by atoms with van der Waals surface area (Å²) >= 11 is 6.09. The highest BCUT2D eigenvalue weighted by Gasteiger charge is 2.24. The summed E-state index contributed by atoms with van der Waals surface area (Å²) in [6.45, 7) is 0. The quantitative estimate of drug-likeness (QED) is 0.436. The van der Waals surface area contributed by atoms with Crippen molar-refractivity contribution >= 4 is 34.8 Å². The number of amides is 1. The lowest BCUT2D eigenvalue weighted by molar-refractivity contribution is 0.100. The van der Waals surface area contributed by atoms with Crippen LogP contribution in [0.25, 0.3) is 11.1 Å². The highest BCUT2D eigenvalue weighted by molar-refractivity contribution is 6.30. The summed E-state index contributed by atoms with van der Waals surface area (Å²) in [5, 5.41) is 6.76. The number of nitrogens with two attached hydrogens (primary N) is 2. The second-order valence-corrected chi connectivity index (χ2v) is 8.31. The summed E-state index contributed by atoms with van der Waals surface area (Å²) in [4.78, 5) is 20.5. The van der Waals surface area contributed by atoms with Crippen LogP contribution >= 0.6 is 11.6 Å². The molecule has 1 saturated carbocycles. The molecule has 0 bridgehead atoms. The molecule has 6 N–H and O–H groups in total. The number of halogens is 2. The Morgan fingerprint density at radius 1 is 1.09 bits per heavy atom. The molecule has 0 spiro atoms. The molecule has 1 aliphatic carbocycles. The maximum atomic E-state index is 14.7. The molecule has 0 radical (unpaired) electrons. The molecule has 2 unspecified atom stereocenters. The average molecular weight is 455 g/mol. The van der Waals surface area contributed by atoms with Crippen molar-refractivity contribution in [2.75, 3.05) is 10.6 Å². The molecule has 7 nitrogen and oxygen atoms in total.